The van der Waals surface area contributed by atoms with E-state index in [9.17, 15) is 0 Å². The first-order valence-corrected chi connectivity index (χ1v) is 9.78. The summed E-state index contributed by atoms with van der Waals surface area (Å²) < 4.78 is -1.81. The molecule has 10 heteroatoms. The van der Waals surface area contributed by atoms with E-state index in [0.29, 0.717) is 28.0 Å². The molecule has 2 rings (SSSR count). The lowest BCUT2D eigenvalue weighted by molar-refractivity contribution is 0.417. The Balaban J connectivity index is 2.44. The summed E-state index contributed by atoms with van der Waals surface area (Å²) in [6.07, 6.45) is 1.58. The molecular weight excluding hydrogens is 439 g/mol. The first-order chi connectivity index (χ1) is 12.1. The summed E-state index contributed by atoms with van der Waals surface area (Å²) in [4.78, 5) is 12.8. The highest BCUT2D eigenvalue weighted by Gasteiger charge is 2.29. The van der Waals surface area contributed by atoms with Gasteiger partial charge in [0.15, 0.2) is 11.6 Å². The molecule has 0 aliphatic heterocycles. The molecule has 0 radical (unpaired) electrons. The molecule has 1 aromatic carbocycles. The van der Waals surface area contributed by atoms with Crippen LogP contribution in [0.25, 0.3) is 11.4 Å². The molecule has 0 saturated heterocycles. The maximum absolute atomic E-state index is 6.31. The van der Waals surface area contributed by atoms with Gasteiger partial charge in [-0.25, -0.2) is 4.98 Å². The Morgan fingerprint density at radius 3 is 2.19 bits per heavy atom. The van der Waals surface area contributed by atoms with Gasteiger partial charge < -0.3 is 11.1 Å². The normalized spacial score (nSPS) is 12.3. The minimum Gasteiger partial charge on any atom is -0.352 e. The van der Waals surface area contributed by atoms with Crippen molar-refractivity contribution in [3.05, 3.63) is 34.1 Å². The van der Waals surface area contributed by atoms with Gasteiger partial charge in [-0.3, -0.25) is 0 Å². The van der Waals surface area contributed by atoms with Crippen molar-refractivity contribution in [2.45, 2.75) is 36.0 Å². The summed E-state index contributed by atoms with van der Waals surface area (Å²) in [6.45, 7) is 4.50. The van der Waals surface area contributed by atoms with Gasteiger partial charge in [0.05, 0.1) is 10.0 Å². The van der Waals surface area contributed by atoms with Crippen LogP contribution in [0.1, 0.15) is 32.5 Å². The van der Waals surface area contributed by atoms with Gasteiger partial charge in [0.2, 0.25) is 9.74 Å². The van der Waals surface area contributed by atoms with E-state index in [1.807, 2.05) is 13.8 Å². The van der Waals surface area contributed by atoms with Crippen molar-refractivity contribution < 1.29 is 0 Å². The van der Waals surface area contributed by atoms with Crippen molar-refractivity contribution in [3.8, 4) is 11.4 Å². The van der Waals surface area contributed by atoms with Crippen LogP contribution in [0.4, 0.5) is 5.95 Å². The molecule has 0 saturated carbocycles. The number of hydrogen-bond donors (Lipinski definition) is 2. The van der Waals surface area contributed by atoms with Gasteiger partial charge in [-0.15, -0.1) is 0 Å². The SMILES string of the molecule is CCC(N)(CC)CNc1nc(-c2ccc(Cl)c(Cl)c2)nc(C(Cl)(Cl)Cl)n1. The average Bonchev–Trinajstić information content (AvgIpc) is 2.61. The van der Waals surface area contributed by atoms with Crippen molar-refractivity contribution in [2.24, 2.45) is 5.73 Å². The second-order valence-electron chi connectivity index (χ2n) is 5.86. The summed E-state index contributed by atoms with van der Waals surface area (Å²) in [6, 6.07) is 5.00. The second-order valence-corrected chi connectivity index (χ2v) is 8.95. The topological polar surface area (TPSA) is 76.7 Å². The summed E-state index contributed by atoms with van der Waals surface area (Å²) in [7, 11) is 0. The van der Waals surface area contributed by atoms with Crippen LogP contribution in [0.2, 0.25) is 10.0 Å². The minimum absolute atomic E-state index is 0.00306. The van der Waals surface area contributed by atoms with Gasteiger partial charge in [-0.05, 0) is 31.0 Å². The second kappa shape index (κ2) is 8.63. The van der Waals surface area contributed by atoms with Crippen molar-refractivity contribution in [2.75, 3.05) is 11.9 Å². The molecule has 142 valence electrons. The van der Waals surface area contributed by atoms with Gasteiger partial charge in [-0.2, -0.15) is 9.97 Å². The third-order valence-corrected chi connectivity index (χ3v) is 5.32. The molecule has 0 amide bonds. The third kappa shape index (κ3) is 5.47. The van der Waals surface area contributed by atoms with Crippen molar-refractivity contribution >= 4 is 64.0 Å². The molecular formula is C16H18Cl5N5. The lowest BCUT2D eigenvalue weighted by atomic mass is 9.94. The molecule has 1 aromatic heterocycles. The van der Waals surface area contributed by atoms with Crippen LogP contribution in [0.5, 0.6) is 0 Å². The number of halogens is 5. The van der Waals surface area contributed by atoms with Crippen LogP contribution in [-0.2, 0) is 3.79 Å². The quantitative estimate of drug-likeness (QED) is 0.552. The lowest BCUT2D eigenvalue weighted by Crippen LogP contribution is -2.45. The van der Waals surface area contributed by atoms with Crippen molar-refractivity contribution in [1.29, 1.82) is 0 Å². The zero-order valence-corrected chi connectivity index (χ0v) is 17.9. The number of nitrogens with zero attached hydrogens (tertiary/aromatic N) is 3. The Kier molecular flexibility index (Phi) is 7.22. The van der Waals surface area contributed by atoms with Crippen molar-refractivity contribution in [3.63, 3.8) is 0 Å². The lowest BCUT2D eigenvalue weighted by Gasteiger charge is -2.27. The van der Waals surface area contributed by atoms with Crippen LogP contribution in [0.15, 0.2) is 18.2 Å². The highest BCUT2D eigenvalue weighted by molar-refractivity contribution is 6.66. The van der Waals surface area contributed by atoms with Gasteiger partial charge in [-0.1, -0.05) is 71.9 Å². The largest absolute Gasteiger partial charge is 0.352 e. The summed E-state index contributed by atoms with van der Waals surface area (Å²) in [5.41, 5.74) is 6.53. The maximum atomic E-state index is 6.31. The maximum Gasteiger partial charge on any atom is 0.250 e. The third-order valence-electron chi connectivity index (χ3n) is 4.07. The smallest absolute Gasteiger partial charge is 0.250 e. The summed E-state index contributed by atoms with van der Waals surface area (Å²) in [5.74, 6) is 0.564. The van der Waals surface area contributed by atoms with E-state index in [1.54, 1.807) is 18.2 Å². The average molecular weight is 458 g/mol. The zero-order chi connectivity index (χ0) is 19.5. The van der Waals surface area contributed by atoms with E-state index in [0.717, 1.165) is 12.8 Å². The van der Waals surface area contributed by atoms with Crippen LogP contribution in [-0.4, -0.2) is 27.0 Å². The fourth-order valence-corrected chi connectivity index (χ4v) is 2.65. The van der Waals surface area contributed by atoms with E-state index >= 15 is 0 Å². The predicted octanol–water partition coefficient (Wildman–Crippen LogP) is 5.60. The molecule has 0 spiro atoms. The van der Waals surface area contributed by atoms with E-state index in [1.165, 1.54) is 0 Å². The number of nitrogens with two attached hydrogens (primary N) is 1. The van der Waals surface area contributed by atoms with E-state index in [-0.39, 0.29) is 11.8 Å². The van der Waals surface area contributed by atoms with E-state index in [4.69, 9.17) is 63.7 Å². The number of benzene rings is 1. The molecule has 26 heavy (non-hydrogen) atoms. The Hall–Kier alpha value is -0.560. The van der Waals surface area contributed by atoms with Gasteiger partial charge in [0.25, 0.3) is 0 Å². The van der Waals surface area contributed by atoms with Crippen LogP contribution in [0.3, 0.4) is 0 Å². The highest BCUT2D eigenvalue weighted by atomic mass is 35.6. The molecule has 0 atom stereocenters. The number of anilines is 1. The summed E-state index contributed by atoms with van der Waals surface area (Å²) >= 11 is 29.9. The Morgan fingerprint density at radius 2 is 1.65 bits per heavy atom. The standard InChI is InChI=1S/C16H18Cl5N5/c1-3-15(22,4-2)8-23-14-25-12(24-13(26-14)16(19,20)21)9-5-6-10(17)11(18)7-9/h5-7H,3-4,8,22H2,1-2H3,(H,23,24,25,26). The van der Waals surface area contributed by atoms with Gasteiger partial charge in [0.1, 0.15) is 0 Å². The molecule has 0 fully saturated rings. The minimum atomic E-state index is -1.81. The molecule has 5 nitrogen and oxygen atoms in total. The van der Waals surface area contributed by atoms with E-state index < -0.39 is 9.33 Å². The van der Waals surface area contributed by atoms with Crippen LogP contribution >= 0.6 is 58.0 Å². The highest BCUT2D eigenvalue weighted by Crippen LogP contribution is 2.37. The molecule has 0 unspecified atom stereocenters. The molecule has 1 heterocycles. The molecule has 0 aliphatic carbocycles. The number of alkyl halides is 3. The Morgan fingerprint density at radius 1 is 1.00 bits per heavy atom. The Labute approximate surface area is 177 Å². The molecule has 0 bridgehead atoms. The number of aromatic nitrogens is 3. The molecule has 3 N–H and O–H groups in total. The monoisotopic (exact) mass is 455 g/mol. The summed E-state index contributed by atoms with van der Waals surface area (Å²) in [5, 5.41) is 3.90. The number of nitrogens with one attached hydrogen (secondary N) is 1. The fraction of sp³-hybridized carbons (Fsp3) is 0.438. The van der Waals surface area contributed by atoms with Crippen LogP contribution in [0, 0.1) is 0 Å². The first-order valence-electron chi connectivity index (χ1n) is 7.89. The number of hydrogen-bond acceptors (Lipinski definition) is 5. The van der Waals surface area contributed by atoms with Crippen molar-refractivity contribution in [1.82, 2.24) is 15.0 Å². The van der Waals surface area contributed by atoms with Gasteiger partial charge >= 0.3 is 0 Å². The predicted molar refractivity (Wildman–Crippen MR) is 111 cm³/mol. The Bertz CT molecular complexity index is 774. The zero-order valence-electron chi connectivity index (χ0n) is 14.2. The fourth-order valence-electron chi connectivity index (χ4n) is 2.10. The first kappa shape index (κ1) is 21.7. The van der Waals surface area contributed by atoms with E-state index in [2.05, 4.69) is 20.3 Å². The van der Waals surface area contributed by atoms with Gasteiger partial charge in [0, 0.05) is 17.6 Å². The molecule has 2 aromatic rings. The number of rotatable bonds is 6. The molecule has 0 aliphatic rings. The van der Waals surface area contributed by atoms with Crippen LogP contribution < -0.4 is 11.1 Å².